The van der Waals surface area contributed by atoms with Gasteiger partial charge in [0, 0.05) is 23.5 Å². The lowest BCUT2D eigenvalue weighted by atomic mass is 9.87. The van der Waals surface area contributed by atoms with Gasteiger partial charge in [-0.05, 0) is 75.6 Å². The molecular formula is C23H28N4O. The highest BCUT2D eigenvalue weighted by Crippen LogP contribution is 2.39. The molecule has 146 valence electrons. The fraction of sp³-hybridized carbons (Fsp3) is 0.304. The summed E-state index contributed by atoms with van der Waals surface area (Å²) >= 11 is 0. The number of hydrazone groups is 1. The van der Waals surface area contributed by atoms with Crippen molar-refractivity contribution in [3.8, 4) is 0 Å². The van der Waals surface area contributed by atoms with Crippen LogP contribution in [0.2, 0.25) is 0 Å². The molecule has 2 amide bonds. The van der Waals surface area contributed by atoms with Crippen molar-refractivity contribution < 1.29 is 4.79 Å². The monoisotopic (exact) mass is 376 g/mol. The summed E-state index contributed by atoms with van der Waals surface area (Å²) in [5, 5.41) is 6.86. The predicted octanol–water partition coefficient (Wildman–Crippen LogP) is 5.17. The molecule has 0 atom stereocenters. The maximum Gasteiger partial charge on any atom is 0.339 e. The standard InChI is InChI=1S/C23H28N4O/c1-6-27-21-12-16(2)18(13-20(21)17(3)14-23(27,4)5)15-24-26-22(28)25-19-10-8-7-9-11-19/h7-15H,6H2,1-5H3,(H2,25,26,28)/b24-15-. The van der Waals surface area contributed by atoms with Gasteiger partial charge in [-0.15, -0.1) is 0 Å². The number of aryl methyl sites for hydroxylation is 1. The van der Waals surface area contributed by atoms with Crippen LogP contribution in [0.15, 0.2) is 53.6 Å². The largest absolute Gasteiger partial charge is 0.363 e. The molecule has 0 aliphatic carbocycles. The number of hydrogen-bond donors (Lipinski definition) is 2. The Labute approximate surface area is 167 Å². The highest BCUT2D eigenvalue weighted by atomic mass is 16.2. The SMILES string of the molecule is CCN1c2cc(C)c(/C=N\NC(=O)Nc3ccccc3)cc2C(C)=CC1(C)C. The molecule has 0 spiro atoms. The molecule has 3 rings (SSSR count). The Morgan fingerprint density at radius 2 is 1.89 bits per heavy atom. The Hall–Kier alpha value is -3.08. The van der Waals surface area contributed by atoms with Crippen molar-refractivity contribution in [1.29, 1.82) is 0 Å². The number of carbonyl (C=O) groups excluding carboxylic acids is 1. The van der Waals surface area contributed by atoms with Crippen molar-refractivity contribution in [3.05, 3.63) is 65.2 Å². The van der Waals surface area contributed by atoms with E-state index in [4.69, 9.17) is 0 Å². The number of para-hydroxylation sites is 1. The summed E-state index contributed by atoms with van der Waals surface area (Å²) in [6, 6.07) is 13.3. The number of hydrogen-bond acceptors (Lipinski definition) is 3. The molecule has 0 aromatic heterocycles. The van der Waals surface area contributed by atoms with E-state index < -0.39 is 0 Å². The molecule has 28 heavy (non-hydrogen) atoms. The third-order valence-corrected chi connectivity index (χ3v) is 5.08. The second-order valence-electron chi connectivity index (χ2n) is 7.64. The minimum absolute atomic E-state index is 0.00897. The van der Waals surface area contributed by atoms with Crippen LogP contribution >= 0.6 is 0 Å². The van der Waals surface area contributed by atoms with Gasteiger partial charge in [-0.3, -0.25) is 0 Å². The molecule has 0 saturated heterocycles. The van der Waals surface area contributed by atoms with E-state index in [1.807, 2.05) is 30.3 Å². The van der Waals surface area contributed by atoms with E-state index in [9.17, 15) is 4.79 Å². The number of urea groups is 1. The molecular weight excluding hydrogens is 348 g/mol. The van der Waals surface area contributed by atoms with Gasteiger partial charge < -0.3 is 10.2 Å². The summed E-state index contributed by atoms with van der Waals surface area (Å²) in [4.78, 5) is 14.4. The number of likely N-dealkylation sites (N-methyl/N-ethyl adjacent to an activating group) is 1. The first-order valence-electron chi connectivity index (χ1n) is 9.59. The normalized spacial score (nSPS) is 15.2. The molecule has 0 unspecified atom stereocenters. The smallest absolute Gasteiger partial charge is 0.339 e. The Bertz CT molecular complexity index is 929. The molecule has 0 saturated carbocycles. The van der Waals surface area contributed by atoms with Crippen LogP contribution in [0.5, 0.6) is 0 Å². The average Bonchev–Trinajstić information content (AvgIpc) is 2.63. The van der Waals surface area contributed by atoms with E-state index in [2.05, 4.69) is 73.6 Å². The molecule has 0 bridgehead atoms. The van der Waals surface area contributed by atoms with Crippen molar-refractivity contribution in [2.24, 2.45) is 5.10 Å². The Balaban J connectivity index is 1.78. The number of nitrogens with one attached hydrogen (secondary N) is 2. The minimum Gasteiger partial charge on any atom is -0.363 e. The molecule has 2 aromatic rings. The molecule has 0 radical (unpaired) electrons. The zero-order chi connectivity index (χ0) is 20.3. The number of carbonyl (C=O) groups is 1. The zero-order valence-electron chi connectivity index (χ0n) is 17.2. The van der Waals surface area contributed by atoms with Crippen molar-refractivity contribution >= 4 is 29.2 Å². The van der Waals surface area contributed by atoms with Crippen molar-refractivity contribution in [2.45, 2.75) is 40.2 Å². The van der Waals surface area contributed by atoms with Gasteiger partial charge in [-0.2, -0.15) is 5.10 Å². The van der Waals surface area contributed by atoms with E-state index in [1.165, 1.54) is 16.8 Å². The van der Waals surface area contributed by atoms with Crippen LogP contribution in [0.3, 0.4) is 0 Å². The van der Waals surface area contributed by atoms with Crippen LogP contribution in [0.25, 0.3) is 5.57 Å². The van der Waals surface area contributed by atoms with Crippen LogP contribution in [0, 0.1) is 6.92 Å². The third kappa shape index (κ3) is 4.09. The lowest BCUT2D eigenvalue weighted by molar-refractivity contribution is 0.252. The molecule has 5 heteroatoms. The highest BCUT2D eigenvalue weighted by molar-refractivity contribution is 5.92. The fourth-order valence-corrected chi connectivity index (χ4v) is 3.80. The second kappa shape index (κ2) is 7.89. The number of fused-ring (bicyclic) bond motifs is 1. The maximum atomic E-state index is 12.0. The summed E-state index contributed by atoms with van der Waals surface area (Å²) in [6.45, 7) is 11.8. The predicted molar refractivity (Wildman–Crippen MR) is 118 cm³/mol. The van der Waals surface area contributed by atoms with E-state index in [-0.39, 0.29) is 11.6 Å². The zero-order valence-corrected chi connectivity index (χ0v) is 17.2. The summed E-state index contributed by atoms with van der Waals surface area (Å²) in [5.74, 6) is 0. The molecule has 2 aromatic carbocycles. The van der Waals surface area contributed by atoms with Crippen LogP contribution in [0.4, 0.5) is 16.2 Å². The Morgan fingerprint density at radius 1 is 1.18 bits per heavy atom. The number of benzene rings is 2. The van der Waals surface area contributed by atoms with Gasteiger partial charge in [0.1, 0.15) is 0 Å². The molecule has 5 nitrogen and oxygen atoms in total. The molecule has 1 aliphatic rings. The molecule has 1 heterocycles. The Morgan fingerprint density at radius 3 is 2.57 bits per heavy atom. The lowest BCUT2D eigenvalue weighted by Gasteiger charge is -2.43. The quantitative estimate of drug-likeness (QED) is 0.571. The number of amides is 2. The molecule has 0 fully saturated rings. The molecule has 1 aliphatic heterocycles. The average molecular weight is 377 g/mol. The lowest BCUT2D eigenvalue weighted by Crippen LogP contribution is -2.45. The topological polar surface area (TPSA) is 56.7 Å². The number of anilines is 2. The van der Waals surface area contributed by atoms with Crippen LogP contribution in [-0.2, 0) is 0 Å². The number of nitrogens with zero attached hydrogens (tertiary/aromatic N) is 2. The highest BCUT2D eigenvalue weighted by Gasteiger charge is 2.30. The third-order valence-electron chi connectivity index (χ3n) is 5.08. The number of allylic oxidation sites excluding steroid dienone is 1. The second-order valence-corrected chi connectivity index (χ2v) is 7.64. The van der Waals surface area contributed by atoms with Gasteiger partial charge in [0.05, 0.1) is 11.8 Å². The van der Waals surface area contributed by atoms with Gasteiger partial charge in [0.25, 0.3) is 0 Å². The number of rotatable bonds is 4. The van der Waals surface area contributed by atoms with E-state index in [0.29, 0.717) is 0 Å². The summed E-state index contributed by atoms with van der Waals surface area (Å²) in [7, 11) is 0. The van der Waals surface area contributed by atoms with Gasteiger partial charge in [0.2, 0.25) is 0 Å². The van der Waals surface area contributed by atoms with Gasteiger partial charge >= 0.3 is 6.03 Å². The summed E-state index contributed by atoms with van der Waals surface area (Å²) in [5.41, 5.74) is 9.07. The Kier molecular flexibility index (Phi) is 5.54. The van der Waals surface area contributed by atoms with Gasteiger partial charge in [-0.1, -0.05) is 24.3 Å². The van der Waals surface area contributed by atoms with Crippen molar-refractivity contribution in [1.82, 2.24) is 5.43 Å². The van der Waals surface area contributed by atoms with Crippen LogP contribution in [-0.4, -0.2) is 24.3 Å². The molecule has 2 N–H and O–H groups in total. The first-order chi connectivity index (χ1) is 13.3. The van der Waals surface area contributed by atoms with Crippen molar-refractivity contribution in [2.75, 3.05) is 16.8 Å². The fourth-order valence-electron chi connectivity index (χ4n) is 3.80. The van der Waals surface area contributed by atoms with Crippen molar-refractivity contribution in [3.63, 3.8) is 0 Å². The van der Waals surface area contributed by atoms with Gasteiger partial charge in [-0.25, -0.2) is 10.2 Å². The van der Waals surface area contributed by atoms with Crippen LogP contribution < -0.4 is 15.6 Å². The van der Waals surface area contributed by atoms with Gasteiger partial charge in [0.15, 0.2) is 0 Å². The van der Waals surface area contributed by atoms with E-state index in [1.54, 1.807) is 6.21 Å². The summed E-state index contributed by atoms with van der Waals surface area (Å²) < 4.78 is 0. The first kappa shape index (κ1) is 19.7. The van der Waals surface area contributed by atoms with E-state index >= 15 is 0 Å². The van der Waals surface area contributed by atoms with Crippen LogP contribution in [0.1, 0.15) is 44.4 Å². The first-order valence-corrected chi connectivity index (χ1v) is 9.59. The summed E-state index contributed by atoms with van der Waals surface area (Å²) in [6.07, 6.45) is 4.00. The maximum absolute atomic E-state index is 12.0. The minimum atomic E-state index is -0.368. The van der Waals surface area contributed by atoms with E-state index in [0.717, 1.165) is 23.4 Å².